The zero-order valence-electron chi connectivity index (χ0n) is 17.9. The van der Waals surface area contributed by atoms with Crippen LogP contribution in [-0.2, 0) is 0 Å². The first kappa shape index (κ1) is 24.1. The third kappa shape index (κ3) is 6.97. The summed E-state index contributed by atoms with van der Waals surface area (Å²) in [5.74, 6) is 2.22. The highest BCUT2D eigenvalue weighted by Crippen LogP contribution is 2.27. The summed E-state index contributed by atoms with van der Waals surface area (Å²) in [5, 5.41) is 13.5. The van der Waals surface area contributed by atoms with E-state index in [0.29, 0.717) is 5.75 Å². The lowest BCUT2D eigenvalue weighted by Gasteiger charge is -2.37. The van der Waals surface area contributed by atoms with E-state index in [1.165, 1.54) is 5.56 Å². The van der Waals surface area contributed by atoms with Crippen molar-refractivity contribution < 1.29 is 9.84 Å². The Labute approximate surface area is 197 Å². The maximum atomic E-state index is 10.1. The molecule has 1 aliphatic rings. The number of guanidine groups is 1. The van der Waals surface area contributed by atoms with Crippen molar-refractivity contribution in [3.63, 3.8) is 0 Å². The Kier molecular flexibility index (Phi) is 10.1. The summed E-state index contributed by atoms with van der Waals surface area (Å²) in [7, 11) is 1.83. The van der Waals surface area contributed by atoms with Gasteiger partial charge in [0, 0.05) is 39.8 Å². The molecule has 6 nitrogen and oxygen atoms in total. The summed E-state index contributed by atoms with van der Waals surface area (Å²) in [6.07, 6.45) is 2.03. The van der Waals surface area contributed by atoms with E-state index in [0.717, 1.165) is 69.6 Å². The minimum atomic E-state index is 0. The zero-order chi connectivity index (χ0) is 20.5. The SMILES string of the molecule is CN=C(NCCCCOc1ccc(C)cc1)N1CCN(c2ccccc2O)CC1.I. The van der Waals surface area contributed by atoms with E-state index in [4.69, 9.17) is 4.74 Å². The predicted octanol–water partition coefficient (Wildman–Crippen LogP) is 3.88. The van der Waals surface area contributed by atoms with E-state index < -0.39 is 0 Å². The zero-order valence-corrected chi connectivity index (χ0v) is 20.2. The molecule has 0 bridgehead atoms. The summed E-state index contributed by atoms with van der Waals surface area (Å²) in [6, 6.07) is 15.7. The van der Waals surface area contributed by atoms with Crippen LogP contribution in [0.3, 0.4) is 0 Å². The van der Waals surface area contributed by atoms with Crippen LogP contribution in [-0.4, -0.2) is 62.3 Å². The van der Waals surface area contributed by atoms with Crippen molar-refractivity contribution >= 4 is 35.6 Å². The summed E-state index contributed by atoms with van der Waals surface area (Å²) in [6.45, 7) is 7.17. The number of halogens is 1. The van der Waals surface area contributed by atoms with Gasteiger partial charge in [-0.2, -0.15) is 0 Å². The molecule has 30 heavy (non-hydrogen) atoms. The number of hydrogen-bond acceptors (Lipinski definition) is 4. The molecule has 2 aromatic rings. The van der Waals surface area contributed by atoms with Crippen LogP contribution in [0.4, 0.5) is 5.69 Å². The molecule has 164 valence electrons. The van der Waals surface area contributed by atoms with Gasteiger partial charge in [0.1, 0.15) is 11.5 Å². The number of aliphatic imine (C=N–C) groups is 1. The van der Waals surface area contributed by atoms with Gasteiger partial charge in [0.15, 0.2) is 5.96 Å². The van der Waals surface area contributed by atoms with E-state index in [9.17, 15) is 5.11 Å². The van der Waals surface area contributed by atoms with Gasteiger partial charge in [-0.15, -0.1) is 24.0 Å². The second-order valence-corrected chi connectivity index (χ2v) is 7.31. The quantitative estimate of drug-likeness (QED) is 0.249. The third-order valence-corrected chi connectivity index (χ3v) is 5.16. The predicted molar refractivity (Wildman–Crippen MR) is 135 cm³/mol. The van der Waals surface area contributed by atoms with Gasteiger partial charge in [0.05, 0.1) is 12.3 Å². The van der Waals surface area contributed by atoms with Crippen LogP contribution in [0.25, 0.3) is 0 Å². The molecule has 0 aromatic heterocycles. The Bertz CT molecular complexity index is 790. The van der Waals surface area contributed by atoms with Crippen LogP contribution in [0.15, 0.2) is 53.5 Å². The molecule has 0 radical (unpaired) electrons. The standard InChI is InChI=1S/C23H32N4O2.HI/c1-19-9-11-20(12-10-19)29-18-6-5-13-25-23(24-2)27-16-14-26(15-17-27)21-7-3-4-8-22(21)28;/h3-4,7-12,28H,5-6,13-18H2,1-2H3,(H,24,25);1H. The summed E-state index contributed by atoms with van der Waals surface area (Å²) in [5.41, 5.74) is 2.15. The number of aromatic hydroxyl groups is 1. The molecule has 1 aliphatic heterocycles. The molecule has 0 spiro atoms. The first-order valence-electron chi connectivity index (χ1n) is 10.4. The van der Waals surface area contributed by atoms with Gasteiger partial charge in [-0.05, 0) is 44.0 Å². The van der Waals surface area contributed by atoms with Gasteiger partial charge in [0.25, 0.3) is 0 Å². The Balaban J connectivity index is 0.00000320. The number of anilines is 1. The molecule has 0 amide bonds. The maximum Gasteiger partial charge on any atom is 0.193 e. The molecular formula is C23H33IN4O2. The fraction of sp³-hybridized carbons (Fsp3) is 0.435. The van der Waals surface area contributed by atoms with Gasteiger partial charge in [-0.25, -0.2) is 0 Å². The van der Waals surface area contributed by atoms with Gasteiger partial charge < -0.3 is 25.0 Å². The number of nitrogens with zero attached hydrogens (tertiary/aromatic N) is 3. The van der Waals surface area contributed by atoms with Crippen LogP contribution in [0.1, 0.15) is 18.4 Å². The molecule has 0 atom stereocenters. The van der Waals surface area contributed by atoms with E-state index >= 15 is 0 Å². The fourth-order valence-corrected chi connectivity index (χ4v) is 3.47. The second kappa shape index (κ2) is 12.5. The average Bonchev–Trinajstić information content (AvgIpc) is 2.75. The third-order valence-electron chi connectivity index (χ3n) is 5.16. The van der Waals surface area contributed by atoms with Crippen LogP contribution >= 0.6 is 24.0 Å². The summed E-state index contributed by atoms with van der Waals surface area (Å²) < 4.78 is 5.78. The lowest BCUT2D eigenvalue weighted by atomic mass is 10.2. The van der Waals surface area contributed by atoms with Crippen molar-refractivity contribution in [2.24, 2.45) is 4.99 Å². The van der Waals surface area contributed by atoms with Crippen molar-refractivity contribution in [2.75, 3.05) is 51.3 Å². The Hall–Kier alpha value is -2.16. The first-order chi connectivity index (χ1) is 14.2. The molecule has 0 saturated carbocycles. The maximum absolute atomic E-state index is 10.1. The number of phenols is 1. The minimum absolute atomic E-state index is 0. The van der Waals surface area contributed by atoms with E-state index in [1.807, 2.05) is 37.4 Å². The average molecular weight is 524 g/mol. The molecular weight excluding hydrogens is 491 g/mol. The summed E-state index contributed by atoms with van der Waals surface area (Å²) >= 11 is 0. The van der Waals surface area contributed by atoms with Crippen LogP contribution in [0.5, 0.6) is 11.5 Å². The second-order valence-electron chi connectivity index (χ2n) is 7.31. The Morgan fingerprint density at radius 1 is 1.03 bits per heavy atom. The van der Waals surface area contributed by atoms with Crippen molar-refractivity contribution in [3.05, 3.63) is 54.1 Å². The normalized spacial score (nSPS) is 14.3. The highest BCUT2D eigenvalue weighted by molar-refractivity contribution is 14.0. The van der Waals surface area contributed by atoms with E-state index in [1.54, 1.807) is 6.07 Å². The van der Waals surface area contributed by atoms with Crippen LogP contribution in [0.2, 0.25) is 0 Å². The highest BCUT2D eigenvalue weighted by Gasteiger charge is 2.21. The topological polar surface area (TPSA) is 60.3 Å². The molecule has 2 N–H and O–H groups in total. The van der Waals surface area contributed by atoms with Crippen LogP contribution < -0.4 is 15.0 Å². The number of rotatable bonds is 7. The lowest BCUT2D eigenvalue weighted by molar-refractivity contribution is 0.306. The molecule has 0 unspecified atom stereocenters. The molecule has 0 aliphatic carbocycles. The molecule has 1 saturated heterocycles. The molecule has 7 heteroatoms. The van der Waals surface area contributed by atoms with Gasteiger partial charge in [0.2, 0.25) is 0 Å². The summed E-state index contributed by atoms with van der Waals surface area (Å²) in [4.78, 5) is 8.93. The van der Waals surface area contributed by atoms with Crippen molar-refractivity contribution in [1.29, 1.82) is 0 Å². The minimum Gasteiger partial charge on any atom is -0.506 e. The number of piperazine rings is 1. The van der Waals surface area contributed by atoms with Crippen molar-refractivity contribution in [3.8, 4) is 11.5 Å². The Morgan fingerprint density at radius 3 is 2.40 bits per heavy atom. The van der Waals surface area contributed by atoms with Gasteiger partial charge in [-0.3, -0.25) is 4.99 Å². The molecule has 1 fully saturated rings. The van der Waals surface area contributed by atoms with Gasteiger partial charge in [-0.1, -0.05) is 29.8 Å². The van der Waals surface area contributed by atoms with Gasteiger partial charge >= 0.3 is 0 Å². The highest BCUT2D eigenvalue weighted by atomic mass is 127. The van der Waals surface area contributed by atoms with Crippen molar-refractivity contribution in [2.45, 2.75) is 19.8 Å². The number of hydrogen-bond donors (Lipinski definition) is 2. The monoisotopic (exact) mass is 524 g/mol. The number of aryl methyl sites for hydroxylation is 1. The molecule has 1 heterocycles. The van der Waals surface area contributed by atoms with E-state index in [2.05, 4.69) is 39.2 Å². The Morgan fingerprint density at radius 2 is 1.73 bits per heavy atom. The van der Waals surface area contributed by atoms with E-state index in [-0.39, 0.29) is 24.0 Å². The largest absolute Gasteiger partial charge is 0.506 e. The first-order valence-corrected chi connectivity index (χ1v) is 10.4. The number of unbranched alkanes of at least 4 members (excludes halogenated alkanes) is 1. The number of nitrogens with one attached hydrogen (secondary N) is 1. The molecule has 2 aromatic carbocycles. The van der Waals surface area contributed by atoms with Crippen molar-refractivity contribution in [1.82, 2.24) is 10.2 Å². The number of phenolic OH excluding ortho intramolecular Hbond substituents is 1. The lowest BCUT2D eigenvalue weighted by Crippen LogP contribution is -2.52. The smallest absolute Gasteiger partial charge is 0.193 e. The number of benzene rings is 2. The fourth-order valence-electron chi connectivity index (χ4n) is 3.47. The van der Waals surface area contributed by atoms with Crippen LogP contribution in [0, 0.1) is 6.92 Å². The molecule has 3 rings (SSSR count). The number of ether oxygens (including phenoxy) is 1. The number of para-hydroxylation sites is 2.